The van der Waals surface area contributed by atoms with Crippen LogP contribution < -0.4 is 10.6 Å². The second-order valence-electron chi connectivity index (χ2n) is 5.25. The summed E-state index contributed by atoms with van der Waals surface area (Å²) in [6, 6.07) is 1.96. The molecule has 1 aliphatic rings. The van der Waals surface area contributed by atoms with Gasteiger partial charge in [-0.05, 0) is 18.4 Å². The lowest BCUT2D eigenvalue weighted by Gasteiger charge is -2.25. The number of hydrogen-bond donors (Lipinski definition) is 1. The Hall–Kier alpha value is -1.16. The molecule has 0 radical (unpaired) electrons. The fourth-order valence-electron chi connectivity index (χ4n) is 2.67. The van der Waals surface area contributed by atoms with E-state index in [2.05, 4.69) is 21.9 Å². The Kier molecular flexibility index (Phi) is 4.93. The average Bonchev–Trinajstić information content (AvgIpc) is 2.46. The molecule has 4 nitrogen and oxygen atoms in total. The topological polar surface area (TPSA) is 55.0 Å². The van der Waals surface area contributed by atoms with Gasteiger partial charge >= 0.3 is 0 Å². The zero-order valence-electron chi connectivity index (χ0n) is 11.3. The normalized spacial score (nSPS) is 16.8. The third-order valence-corrected chi connectivity index (χ3v) is 3.86. The summed E-state index contributed by atoms with van der Waals surface area (Å²) in [5, 5.41) is 0. The molecule has 0 spiro atoms. The van der Waals surface area contributed by atoms with E-state index in [1.807, 2.05) is 6.07 Å². The highest BCUT2D eigenvalue weighted by molar-refractivity contribution is 5.35. The maximum Gasteiger partial charge on any atom is 0.144 e. The number of rotatable bonds is 5. The Morgan fingerprint density at radius 2 is 2.11 bits per heavy atom. The van der Waals surface area contributed by atoms with Crippen LogP contribution in [-0.4, -0.2) is 23.6 Å². The quantitative estimate of drug-likeness (QED) is 0.869. The van der Waals surface area contributed by atoms with Crippen molar-refractivity contribution >= 4 is 5.82 Å². The van der Waals surface area contributed by atoms with Crippen LogP contribution in [0.25, 0.3) is 0 Å². The average molecular weight is 248 g/mol. The van der Waals surface area contributed by atoms with Crippen molar-refractivity contribution in [3.05, 3.63) is 18.1 Å². The van der Waals surface area contributed by atoms with Crippen LogP contribution in [0.2, 0.25) is 0 Å². The van der Waals surface area contributed by atoms with Crippen molar-refractivity contribution in [2.24, 2.45) is 11.7 Å². The van der Waals surface area contributed by atoms with E-state index in [1.165, 1.54) is 38.5 Å². The van der Waals surface area contributed by atoms with Crippen molar-refractivity contribution in [2.75, 3.05) is 18.5 Å². The molecule has 2 N–H and O–H groups in total. The molecule has 4 heteroatoms. The van der Waals surface area contributed by atoms with Gasteiger partial charge in [0.25, 0.3) is 0 Å². The maximum atomic E-state index is 5.57. The third-order valence-electron chi connectivity index (χ3n) is 3.86. The highest BCUT2D eigenvalue weighted by Gasteiger charge is 2.14. The Labute approximate surface area is 110 Å². The van der Waals surface area contributed by atoms with Gasteiger partial charge in [-0.25, -0.2) is 9.97 Å². The highest BCUT2D eigenvalue weighted by Crippen LogP contribution is 2.26. The molecule has 1 aliphatic carbocycles. The molecule has 0 saturated heterocycles. The molecule has 0 aliphatic heterocycles. The lowest BCUT2D eigenvalue weighted by molar-refractivity contribution is 0.341. The van der Waals surface area contributed by atoms with Gasteiger partial charge in [0.05, 0.1) is 6.54 Å². The van der Waals surface area contributed by atoms with Gasteiger partial charge in [-0.1, -0.05) is 32.1 Å². The van der Waals surface area contributed by atoms with E-state index in [4.69, 9.17) is 5.73 Å². The van der Waals surface area contributed by atoms with Crippen LogP contribution in [0.4, 0.5) is 5.82 Å². The van der Waals surface area contributed by atoms with Crippen LogP contribution in [0.5, 0.6) is 0 Å². The van der Waals surface area contributed by atoms with Crippen molar-refractivity contribution in [3.63, 3.8) is 0 Å². The van der Waals surface area contributed by atoms with Crippen LogP contribution in [-0.2, 0) is 6.54 Å². The molecule has 1 aromatic heterocycles. The predicted octanol–water partition coefficient (Wildman–Crippen LogP) is 2.34. The minimum Gasteiger partial charge on any atom is -0.360 e. The largest absolute Gasteiger partial charge is 0.360 e. The van der Waals surface area contributed by atoms with Crippen LogP contribution in [0.1, 0.15) is 44.3 Å². The maximum absolute atomic E-state index is 5.57. The summed E-state index contributed by atoms with van der Waals surface area (Å²) in [4.78, 5) is 10.8. The number of nitrogens with two attached hydrogens (primary N) is 1. The van der Waals surface area contributed by atoms with E-state index in [9.17, 15) is 0 Å². The van der Waals surface area contributed by atoms with Gasteiger partial charge in [-0.15, -0.1) is 0 Å². The molecule has 0 amide bonds. The summed E-state index contributed by atoms with van der Waals surface area (Å²) in [6.45, 7) is 1.48. The van der Waals surface area contributed by atoms with E-state index < -0.39 is 0 Å². The van der Waals surface area contributed by atoms with Crippen molar-refractivity contribution in [1.82, 2.24) is 9.97 Å². The van der Waals surface area contributed by atoms with Crippen molar-refractivity contribution in [2.45, 2.75) is 45.1 Å². The van der Waals surface area contributed by atoms with Gasteiger partial charge in [0.1, 0.15) is 11.6 Å². The van der Waals surface area contributed by atoms with Gasteiger partial charge in [0.2, 0.25) is 0 Å². The Balaban J connectivity index is 1.84. The standard InChI is InChI=1S/C14H24N4/c1-18(10-8-12-5-3-2-4-6-12)14-7-9-16-13(11-15)17-14/h7,9,12H,2-6,8,10-11,15H2,1H3. The fourth-order valence-corrected chi connectivity index (χ4v) is 2.67. The number of nitrogens with zero attached hydrogens (tertiary/aromatic N) is 3. The van der Waals surface area contributed by atoms with Crippen LogP contribution in [0, 0.1) is 5.92 Å². The molecule has 0 atom stereocenters. The molecular formula is C14H24N4. The van der Waals surface area contributed by atoms with E-state index >= 15 is 0 Å². The molecule has 0 unspecified atom stereocenters. The molecule has 1 heterocycles. The molecule has 0 bridgehead atoms. The van der Waals surface area contributed by atoms with E-state index in [1.54, 1.807) is 6.20 Å². The van der Waals surface area contributed by atoms with Crippen LogP contribution in [0.3, 0.4) is 0 Å². The Bertz CT molecular complexity index is 361. The van der Waals surface area contributed by atoms with Crippen molar-refractivity contribution in [1.29, 1.82) is 0 Å². The second kappa shape index (κ2) is 6.69. The van der Waals surface area contributed by atoms with Gasteiger partial charge in [0, 0.05) is 19.8 Å². The molecule has 1 aromatic rings. The Morgan fingerprint density at radius 3 is 2.83 bits per heavy atom. The summed E-state index contributed by atoms with van der Waals surface area (Å²) in [7, 11) is 2.10. The van der Waals surface area contributed by atoms with E-state index in [0.717, 1.165) is 24.1 Å². The first-order chi connectivity index (χ1) is 8.79. The molecule has 1 fully saturated rings. The smallest absolute Gasteiger partial charge is 0.144 e. The lowest BCUT2D eigenvalue weighted by Crippen LogP contribution is -2.23. The van der Waals surface area contributed by atoms with Crippen LogP contribution in [0.15, 0.2) is 12.3 Å². The Morgan fingerprint density at radius 1 is 1.33 bits per heavy atom. The van der Waals surface area contributed by atoms with Crippen molar-refractivity contribution in [3.8, 4) is 0 Å². The molecule has 1 saturated carbocycles. The monoisotopic (exact) mass is 248 g/mol. The summed E-state index contributed by atoms with van der Waals surface area (Å²) in [5.41, 5.74) is 5.57. The fraction of sp³-hybridized carbons (Fsp3) is 0.714. The molecule has 0 aromatic carbocycles. The number of anilines is 1. The summed E-state index contributed by atoms with van der Waals surface area (Å²) in [6.07, 6.45) is 10.1. The van der Waals surface area contributed by atoms with Gasteiger partial charge < -0.3 is 10.6 Å². The number of hydrogen-bond acceptors (Lipinski definition) is 4. The van der Waals surface area contributed by atoms with E-state index in [0.29, 0.717) is 6.54 Å². The van der Waals surface area contributed by atoms with Gasteiger partial charge in [0.15, 0.2) is 0 Å². The SMILES string of the molecule is CN(CCC1CCCCC1)c1ccnc(CN)n1. The summed E-state index contributed by atoms with van der Waals surface area (Å²) < 4.78 is 0. The molecular weight excluding hydrogens is 224 g/mol. The molecule has 2 rings (SSSR count). The molecule has 100 valence electrons. The van der Waals surface area contributed by atoms with Gasteiger partial charge in [-0.3, -0.25) is 0 Å². The minimum atomic E-state index is 0.407. The lowest BCUT2D eigenvalue weighted by atomic mass is 9.87. The summed E-state index contributed by atoms with van der Waals surface area (Å²) in [5.74, 6) is 2.62. The summed E-state index contributed by atoms with van der Waals surface area (Å²) >= 11 is 0. The highest BCUT2D eigenvalue weighted by atomic mass is 15.2. The minimum absolute atomic E-state index is 0.407. The third kappa shape index (κ3) is 3.67. The first-order valence-electron chi connectivity index (χ1n) is 7.02. The van der Waals surface area contributed by atoms with Crippen molar-refractivity contribution < 1.29 is 0 Å². The molecule has 18 heavy (non-hydrogen) atoms. The van der Waals surface area contributed by atoms with Crippen LogP contribution >= 0.6 is 0 Å². The number of aromatic nitrogens is 2. The van der Waals surface area contributed by atoms with E-state index in [-0.39, 0.29) is 0 Å². The second-order valence-corrected chi connectivity index (χ2v) is 5.25. The first kappa shape index (κ1) is 13.3. The zero-order chi connectivity index (χ0) is 12.8. The first-order valence-corrected chi connectivity index (χ1v) is 7.02. The zero-order valence-corrected chi connectivity index (χ0v) is 11.3. The van der Waals surface area contributed by atoms with Gasteiger partial charge in [-0.2, -0.15) is 0 Å². The predicted molar refractivity (Wildman–Crippen MR) is 74.4 cm³/mol.